The molecule has 0 N–H and O–H groups in total. The van der Waals surface area contributed by atoms with Crippen LogP contribution >= 0.6 is 0 Å². The van der Waals surface area contributed by atoms with Gasteiger partial charge in [-0.05, 0) is 27.7 Å². The maximum atomic E-state index is 5.38. The Kier molecular flexibility index (Phi) is 6.13. The second kappa shape index (κ2) is 6.35. The van der Waals surface area contributed by atoms with Crippen LogP contribution in [0.5, 0.6) is 0 Å². The fraction of sp³-hybridized carbons (Fsp3) is 0.889. The van der Waals surface area contributed by atoms with Crippen LogP contribution in [0.2, 0.25) is 0 Å². The molecule has 0 aliphatic rings. The average Bonchev–Trinajstić information content (AvgIpc) is 1.87. The van der Waals surface area contributed by atoms with Gasteiger partial charge >= 0.3 is 0 Å². The molecule has 2 nitrogen and oxygen atoms in total. The zero-order valence-electron chi connectivity index (χ0n) is 8.05. The third kappa shape index (κ3) is 7.53. The van der Waals surface area contributed by atoms with Crippen LogP contribution in [0.3, 0.4) is 0 Å². The van der Waals surface area contributed by atoms with E-state index in [-0.39, 0.29) is 0 Å². The fourth-order valence-electron chi connectivity index (χ4n) is 0.791. The summed E-state index contributed by atoms with van der Waals surface area (Å²) in [4.78, 5) is 4.26. The highest BCUT2D eigenvalue weighted by Gasteiger charge is 1.94. The molecule has 0 aromatic rings. The van der Waals surface area contributed by atoms with Gasteiger partial charge in [0.25, 0.3) is 0 Å². The molecule has 0 aromatic carbocycles. The lowest BCUT2D eigenvalue weighted by Gasteiger charge is -2.06. The number of hydrogen-bond acceptors (Lipinski definition) is 2. The Bertz CT molecular complexity index is 119. The topological polar surface area (TPSA) is 21.6 Å². The molecule has 0 aromatic heterocycles. The highest BCUT2D eigenvalue weighted by Crippen LogP contribution is 1.92. The van der Waals surface area contributed by atoms with Crippen LogP contribution in [-0.2, 0) is 4.74 Å². The van der Waals surface area contributed by atoms with Crippen molar-refractivity contribution in [3.05, 3.63) is 0 Å². The normalized spacial score (nSPS) is 12.6. The van der Waals surface area contributed by atoms with Crippen molar-refractivity contribution in [1.82, 2.24) is 0 Å². The summed E-state index contributed by atoms with van der Waals surface area (Å²) >= 11 is 0. The van der Waals surface area contributed by atoms with Crippen LogP contribution in [-0.4, -0.2) is 25.0 Å². The summed E-state index contributed by atoms with van der Waals surface area (Å²) in [6.07, 6.45) is 1.30. The quantitative estimate of drug-likeness (QED) is 0.561. The van der Waals surface area contributed by atoms with Gasteiger partial charge in [-0.1, -0.05) is 0 Å². The molecular weight excluding hydrogens is 138 g/mol. The minimum atomic E-state index is 0.337. The molecule has 0 amide bonds. The Morgan fingerprint density at radius 1 is 1.45 bits per heavy atom. The number of aliphatic imine (C=N–C) groups is 1. The summed E-state index contributed by atoms with van der Waals surface area (Å²) < 4.78 is 5.38. The van der Waals surface area contributed by atoms with Crippen molar-refractivity contribution in [2.45, 2.75) is 40.2 Å². The van der Waals surface area contributed by atoms with Crippen molar-refractivity contribution < 1.29 is 4.74 Å². The van der Waals surface area contributed by atoms with E-state index >= 15 is 0 Å². The van der Waals surface area contributed by atoms with Gasteiger partial charge in [-0.3, -0.25) is 4.99 Å². The number of hydrogen-bond donors (Lipinski definition) is 0. The third-order valence-corrected chi connectivity index (χ3v) is 1.34. The number of rotatable bonds is 5. The predicted octanol–water partition coefficient (Wildman–Crippen LogP) is 2.28. The van der Waals surface area contributed by atoms with Crippen molar-refractivity contribution in [3.63, 3.8) is 0 Å². The van der Waals surface area contributed by atoms with Gasteiger partial charge in [-0.2, -0.15) is 0 Å². The second-order valence-corrected chi connectivity index (χ2v) is 2.88. The highest BCUT2D eigenvalue weighted by molar-refractivity contribution is 5.81. The fourth-order valence-corrected chi connectivity index (χ4v) is 0.791. The van der Waals surface area contributed by atoms with Crippen molar-refractivity contribution in [2.24, 2.45) is 4.99 Å². The molecular formula is C9H19NO. The Morgan fingerprint density at radius 3 is 2.55 bits per heavy atom. The number of ether oxygens (including phenoxy) is 1. The van der Waals surface area contributed by atoms with Gasteiger partial charge < -0.3 is 4.74 Å². The summed E-state index contributed by atoms with van der Waals surface area (Å²) in [7, 11) is 0. The zero-order valence-corrected chi connectivity index (χ0v) is 8.05. The average molecular weight is 157 g/mol. The molecule has 66 valence electrons. The van der Waals surface area contributed by atoms with Crippen LogP contribution in [0.25, 0.3) is 0 Å². The molecule has 0 aliphatic heterocycles. The highest BCUT2D eigenvalue weighted by atomic mass is 16.5. The standard InChI is InChI=1S/C9H19NO/c1-5-10-9(4)6-7-11-8(2)3/h8H,5-7H2,1-4H3. The maximum absolute atomic E-state index is 5.38. The smallest absolute Gasteiger partial charge is 0.0521 e. The lowest BCUT2D eigenvalue weighted by molar-refractivity contribution is 0.0845. The van der Waals surface area contributed by atoms with E-state index in [0.717, 1.165) is 19.6 Å². The molecule has 0 spiro atoms. The van der Waals surface area contributed by atoms with Crippen LogP contribution in [0.4, 0.5) is 0 Å². The van der Waals surface area contributed by atoms with Gasteiger partial charge in [0.1, 0.15) is 0 Å². The maximum Gasteiger partial charge on any atom is 0.0521 e. The summed E-state index contributed by atoms with van der Waals surface area (Å²) in [6.45, 7) is 9.87. The molecule has 0 saturated heterocycles. The third-order valence-electron chi connectivity index (χ3n) is 1.34. The van der Waals surface area contributed by atoms with Gasteiger partial charge in [-0.15, -0.1) is 0 Å². The molecule has 0 unspecified atom stereocenters. The summed E-state index contributed by atoms with van der Waals surface area (Å²) in [6, 6.07) is 0. The first-order valence-corrected chi connectivity index (χ1v) is 4.28. The monoisotopic (exact) mass is 157 g/mol. The summed E-state index contributed by atoms with van der Waals surface area (Å²) in [5, 5.41) is 0. The van der Waals surface area contributed by atoms with E-state index in [1.807, 2.05) is 27.7 Å². The summed E-state index contributed by atoms with van der Waals surface area (Å²) in [5.41, 5.74) is 1.19. The molecule has 0 rings (SSSR count). The largest absolute Gasteiger partial charge is 0.378 e. The summed E-state index contributed by atoms with van der Waals surface area (Å²) in [5.74, 6) is 0. The van der Waals surface area contributed by atoms with E-state index in [2.05, 4.69) is 4.99 Å². The van der Waals surface area contributed by atoms with E-state index < -0.39 is 0 Å². The number of nitrogens with zero attached hydrogens (tertiary/aromatic N) is 1. The van der Waals surface area contributed by atoms with Crippen LogP contribution < -0.4 is 0 Å². The molecule has 11 heavy (non-hydrogen) atoms. The van der Waals surface area contributed by atoms with E-state index in [4.69, 9.17) is 4.74 Å². The SMILES string of the molecule is CCN=C(C)CCOC(C)C. The van der Waals surface area contributed by atoms with Gasteiger partial charge in [0, 0.05) is 18.7 Å². The van der Waals surface area contributed by atoms with Crippen LogP contribution in [0.15, 0.2) is 4.99 Å². The van der Waals surface area contributed by atoms with Gasteiger partial charge in [0.2, 0.25) is 0 Å². The Morgan fingerprint density at radius 2 is 2.09 bits per heavy atom. The van der Waals surface area contributed by atoms with Gasteiger partial charge in [0.05, 0.1) is 12.7 Å². The molecule has 0 aliphatic carbocycles. The second-order valence-electron chi connectivity index (χ2n) is 2.88. The van der Waals surface area contributed by atoms with E-state index in [1.54, 1.807) is 0 Å². The van der Waals surface area contributed by atoms with Gasteiger partial charge in [-0.25, -0.2) is 0 Å². The Labute approximate surface area is 69.7 Å². The predicted molar refractivity (Wildman–Crippen MR) is 49.4 cm³/mol. The molecule has 0 fully saturated rings. The van der Waals surface area contributed by atoms with Crippen molar-refractivity contribution >= 4 is 5.71 Å². The molecule has 0 radical (unpaired) electrons. The van der Waals surface area contributed by atoms with E-state index in [1.165, 1.54) is 5.71 Å². The first kappa shape index (κ1) is 10.6. The minimum absolute atomic E-state index is 0.337. The molecule has 2 heteroatoms. The minimum Gasteiger partial charge on any atom is -0.378 e. The molecule has 0 bridgehead atoms. The Hall–Kier alpha value is -0.370. The van der Waals surface area contributed by atoms with Crippen molar-refractivity contribution in [1.29, 1.82) is 0 Å². The van der Waals surface area contributed by atoms with Crippen molar-refractivity contribution in [2.75, 3.05) is 13.2 Å². The first-order valence-electron chi connectivity index (χ1n) is 4.28. The van der Waals surface area contributed by atoms with Crippen LogP contribution in [0, 0.1) is 0 Å². The zero-order chi connectivity index (χ0) is 8.69. The lowest BCUT2D eigenvalue weighted by Crippen LogP contribution is -2.07. The Balaban J connectivity index is 3.31. The first-order chi connectivity index (χ1) is 5.16. The van der Waals surface area contributed by atoms with E-state index in [0.29, 0.717) is 6.10 Å². The molecule has 0 saturated carbocycles. The molecule has 0 heterocycles. The molecule has 0 atom stereocenters. The van der Waals surface area contributed by atoms with E-state index in [9.17, 15) is 0 Å². The van der Waals surface area contributed by atoms with Crippen LogP contribution in [0.1, 0.15) is 34.1 Å². The van der Waals surface area contributed by atoms with Gasteiger partial charge in [0.15, 0.2) is 0 Å². The lowest BCUT2D eigenvalue weighted by atomic mass is 10.3. The van der Waals surface area contributed by atoms with Crippen molar-refractivity contribution in [3.8, 4) is 0 Å².